The number of nitrogens with one attached hydrogen (secondary N) is 2. The van der Waals surface area contributed by atoms with Crippen LogP contribution >= 0.6 is 0 Å². The van der Waals surface area contributed by atoms with Crippen LogP contribution in [0.5, 0.6) is 5.75 Å². The number of halogens is 1. The molecule has 9 heteroatoms. The first-order chi connectivity index (χ1) is 17.0. The number of nitrogens with zero attached hydrogens (tertiary/aromatic N) is 4. The van der Waals surface area contributed by atoms with Crippen molar-refractivity contribution in [3.8, 4) is 5.75 Å². The molecule has 0 unspecified atom stereocenters. The van der Waals surface area contributed by atoms with Gasteiger partial charge in [-0.25, -0.2) is 9.37 Å². The average Bonchev–Trinajstić information content (AvgIpc) is 3.32. The molecule has 184 valence electrons. The number of hydrogen-bond acceptors (Lipinski definition) is 5. The maximum absolute atomic E-state index is 15.4. The quantitative estimate of drug-likeness (QED) is 0.409. The maximum atomic E-state index is 15.4. The van der Waals surface area contributed by atoms with Gasteiger partial charge >= 0.3 is 0 Å². The summed E-state index contributed by atoms with van der Waals surface area (Å²) in [5.41, 5.74) is 1.22. The van der Waals surface area contributed by atoms with Gasteiger partial charge in [-0.3, -0.25) is 14.6 Å². The van der Waals surface area contributed by atoms with Gasteiger partial charge in [0.05, 0.1) is 29.5 Å². The molecule has 0 spiro atoms. The number of aromatic amines is 1. The number of carbonyl (C=O) groups excluding carboxylic acids is 1. The van der Waals surface area contributed by atoms with E-state index >= 15 is 4.39 Å². The van der Waals surface area contributed by atoms with Crippen molar-refractivity contribution in [1.29, 1.82) is 0 Å². The lowest BCUT2D eigenvalue weighted by Gasteiger charge is -2.37. The normalized spacial score (nSPS) is 20.3. The van der Waals surface area contributed by atoms with Crippen LogP contribution in [-0.2, 0) is 10.3 Å². The summed E-state index contributed by atoms with van der Waals surface area (Å²) in [6.07, 6.45) is 10.2. The van der Waals surface area contributed by atoms with Gasteiger partial charge in [0.25, 0.3) is 5.91 Å². The van der Waals surface area contributed by atoms with Crippen LogP contribution in [0.1, 0.15) is 81.9 Å². The van der Waals surface area contributed by atoms with Crippen LogP contribution in [0.2, 0.25) is 0 Å². The molecule has 0 radical (unpaired) electrons. The molecule has 0 saturated heterocycles. The van der Waals surface area contributed by atoms with E-state index in [2.05, 4.69) is 27.4 Å². The van der Waals surface area contributed by atoms with Gasteiger partial charge in [-0.15, -0.1) is 0 Å². The fourth-order valence-electron chi connectivity index (χ4n) is 4.69. The minimum atomic E-state index is -0.969. The highest BCUT2D eigenvalue weighted by Gasteiger charge is 2.41. The fraction of sp³-hybridized carbons (Fsp3) is 0.462. The first kappa shape index (κ1) is 23.3. The summed E-state index contributed by atoms with van der Waals surface area (Å²) >= 11 is 0. The Morgan fingerprint density at radius 2 is 2.09 bits per heavy atom. The number of H-pyrrole nitrogens is 1. The molecular formula is C26H31FN6O2. The fourth-order valence-corrected chi connectivity index (χ4v) is 4.69. The first-order valence-electron chi connectivity index (χ1n) is 12.4. The van der Waals surface area contributed by atoms with E-state index in [-0.39, 0.29) is 5.91 Å². The number of amides is 1. The number of aromatic nitrogens is 5. The predicted molar refractivity (Wildman–Crippen MR) is 130 cm³/mol. The highest BCUT2D eigenvalue weighted by molar-refractivity contribution is 6.27. The van der Waals surface area contributed by atoms with Crippen molar-refractivity contribution in [2.45, 2.75) is 70.4 Å². The third-order valence-corrected chi connectivity index (χ3v) is 6.74. The first-order valence-corrected chi connectivity index (χ1v) is 12.4. The van der Waals surface area contributed by atoms with Gasteiger partial charge in [-0.2, -0.15) is 10.2 Å². The summed E-state index contributed by atoms with van der Waals surface area (Å²) < 4.78 is 23.0. The van der Waals surface area contributed by atoms with Crippen LogP contribution in [0.25, 0.3) is 11.1 Å². The van der Waals surface area contributed by atoms with Gasteiger partial charge in [-0.05, 0) is 43.9 Å². The van der Waals surface area contributed by atoms with E-state index in [9.17, 15) is 4.79 Å². The molecule has 3 heterocycles. The smallest absolute Gasteiger partial charge is 0.256 e. The van der Waals surface area contributed by atoms with Gasteiger partial charge in [-0.1, -0.05) is 32.3 Å². The summed E-state index contributed by atoms with van der Waals surface area (Å²) in [6.45, 7) is 4.56. The second-order valence-electron chi connectivity index (χ2n) is 9.61. The average molecular weight is 479 g/mol. The van der Waals surface area contributed by atoms with Gasteiger partial charge < -0.3 is 10.1 Å². The molecule has 1 amide bonds. The highest BCUT2D eigenvalue weighted by Crippen LogP contribution is 2.42. The summed E-state index contributed by atoms with van der Waals surface area (Å²) in [5, 5.41) is 14.5. The molecule has 1 saturated carbocycles. The lowest BCUT2D eigenvalue weighted by molar-refractivity contribution is -0.117. The molecule has 2 aliphatic rings. The van der Waals surface area contributed by atoms with Crippen molar-refractivity contribution in [3.63, 3.8) is 0 Å². The zero-order chi connectivity index (χ0) is 24.4. The van der Waals surface area contributed by atoms with E-state index in [1.54, 1.807) is 12.1 Å². The van der Waals surface area contributed by atoms with Gasteiger partial charge in [0, 0.05) is 24.2 Å². The Labute approximate surface area is 204 Å². The number of benzene rings is 1. The topological polar surface area (TPSA) is 97.7 Å². The van der Waals surface area contributed by atoms with Crippen molar-refractivity contribution >= 4 is 17.1 Å². The van der Waals surface area contributed by atoms with Crippen molar-refractivity contribution in [2.75, 3.05) is 6.61 Å². The summed E-state index contributed by atoms with van der Waals surface area (Å²) in [6, 6.07) is 7.20. The summed E-state index contributed by atoms with van der Waals surface area (Å²) in [7, 11) is 0. The summed E-state index contributed by atoms with van der Waals surface area (Å²) in [5.74, 6) is 0.106. The van der Waals surface area contributed by atoms with E-state index in [1.165, 1.54) is 18.8 Å². The Bertz CT molecular complexity index is 1230. The number of carbonyl (C=O) groups is 1. The van der Waals surface area contributed by atoms with Crippen LogP contribution in [0, 0.1) is 5.82 Å². The van der Waals surface area contributed by atoms with Crippen molar-refractivity contribution in [2.24, 2.45) is 0 Å². The molecule has 5 rings (SSSR count). The third kappa shape index (κ3) is 4.85. The molecule has 3 aromatic rings. The Kier molecular flexibility index (Phi) is 6.40. The van der Waals surface area contributed by atoms with Crippen LogP contribution in [0.15, 0.2) is 36.8 Å². The zero-order valence-electron chi connectivity index (χ0n) is 20.2. The predicted octanol–water partition coefficient (Wildman–Crippen LogP) is 4.78. The standard InChI is InChI=1S/C26H31FN6O2/c1-3-4-5-6-13-35-18-9-10-20(21(27)14-18)26(2)15-19(22-11-12-33(32-22)17-7-8-17)23(25(34)30-26)24-28-16-29-31-24/h9-12,14,16-17H,3-8,13,15H2,1-2H3,(H,30,34)(H,28,29,31)/t26-/m0/s1. The molecule has 1 aliphatic heterocycles. The third-order valence-electron chi connectivity index (χ3n) is 6.74. The van der Waals surface area contributed by atoms with Crippen molar-refractivity contribution in [3.05, 3.63) is 59.7 Å². The SMILES string of the molecule is CCCCCCOc1ccc([C@]2(C)CC(c3ccn(C4CC4)n3)=C(c3ncn[nH]3)C(=O)N2)c(F)c1. The highest BCUT2D eigenvalue weighted by atomic mass is 19.1. The molecule has 2 N–H and O–H groups in total. The molecular weight excluding hydrogens is 447 g/mol. The number of unbranched alkanes of at least 4 members (excludes halogenated alkanes) is 3. The van der Waals surface area contributed by atoms with Crippen LogP contribution in [0.3, 0.4) is 0 Å². The Morgan fingerprint density at radius 1 is 1.23 bits per heavy atom. The van der Waals surface area contributed by atoms with Gasteiger partial charge in [0.15, 0.2) is 5.82 Å². The van der Waals surface area contributed by atoms with Crippen molar-refractivity contribution < 1.29 is 13.9 Å². The molecule has 1 aliphatic carbocycles. The van der Waals surface area contributed by atoms with Crippen LogP contribution in [0.4, 0.5) is 4.39 Å². The monoisotopic (exact) mass is 478 g/mol. The largest absolute Gasteiger partial charge is 0.493 e. The molecule has 1 fully saturated rings. The minimum Gasteiger partial charge on any atom is -0.493 e. The number of ether oxygens (including phenoxy) is 1. The van der Waals surface area contributed by atoms with E-state index in [4.69, 9.17) is 9.84 Å². The Balaban J connectivity index is 1.44. The Hall–Kier alpha value is -3.49. The number of hydrogen-bond donors (Lipinski definition) is 2. The molecule has 0 bridgehead atoms. The van der Waals surface area contributed by atoms with E-state index in [1.807, 2.05) is 23.9 Å². The van der Waals surface area contributed by atoms with E-state index in [0.717, 1.165) is 32.1 Å². The Morgan fingerprint density at radius 3 is 2.80 bits per heavy atom. The van der Waals surface area contributed by atoms with Crippen molar-refractivity contribution in [1.82, 2.24) is 30.3 Å². The summed E-state index contributed by atoms with van der Waals surface area (Å²) in [4.78, 5) is 17.6. The van der Waals surface area contributed by atoms with E-state index in [0.29, 0.717) is 53.0 Å². The molecule has 1 atom stereocenters. The maximum Gasteiger partial charge on any atom is 0.256 e. The lowest BCUT2D eigenvalue weighted by Crippen LogP contribution is -2.48. The number of rotatable bonds is 10. The zero-order valence-corrected chi connectivity index (χ0v) is 20.2. The molecule has 1 aromatic carbocycles. The molecule has 2 aromatic heterocycles. The van der Waals surface area contributed by atoms with Crippen LogP contribution < -0.4 is 10.1 Å². The van der Waals surface area contributed by atoms with Crippen LogP contribution in [-0.4, -0.2) is 37.5 Å². The van der Waals surface area contributed by atoms with Gasteiger partial charge in [0.1, 0.15) is 17.9 Å². The van der Waals surface area contributed by atoms with E-state index < -0.39 is 11.4 Å². The second-order valence-corrected chi connectivity index (χ2v) is 9.61. The minimum absolute atomic E-state index is 0.345. The lowest BCUT2D eigenvalue weighted by atomic mass is 9.79. The second kappa shape index (κ2) is 9.64. The molecule has 35 heavy (non-hydrogen) atoms. The van der Waals surface area contributed by atoms with Gasteiger partial charge in [0.2, 0.25) is 0 Å². The molecule has 8 nitrogen and oxygen atoms in total.